The molecule has 1 amide bonds. The molecule has 0 saturated heterocycles. The zero-order valence-corrected chi connectivity index (χ0v) is 9.84. The fraction of sp³-hybridized carbons (Fsp3) is 0.364. The van der Waals surface area contributed by atoms with Gasteiger partial charge in [-0.25, -0.2) is 4.98 Å². The van der Waals surface area contributed by atoms with Crippen molar-refractivity contribution in [2.45, 2.75) is 6.92 Å². The Morgan fingerprint density at radius 1 is 1.47 bits per heavy atom. The predicted molar refractivity (Wildman–Crippen MR) is 62.7 cm³/mol. The van der Waals surface area contributed by atoms with Gasteiger partial charge in [0.2, 0.25) is 5.91 Å². The highest BCUT2D eigenvalue weighted by Gasteiger charge is 2.09. The number of pyridine rings is 1. The number of esters is 1. The monoisotopic (exact) mass is 237 g/mol. The van der Waals surface area contributed by atoms with Gasteiger partial charge in [0.1, 0.15) is 12.4 Å². The number of rotatable bonds is 5. The van der Waals surface area contributed by atoms with E-state index in [9.17, 15) is 9.59 Å². The summed E-state index contributed by atoms with van der Waals surface area (Å²) in [5.41, 5.74) is 5.43. The summed E-state index contributed by atoms with van der Waals surface area (Å²) in [6, 6.07) is 3.19. The van der Waals surface area contributed by atoms with Crippen LogP contribution in [0, 0.1) is 0 Å². The second-order valence-corrected chi connectivity index (χ2v) is 3.43. The van der Waals surface area contributed by atoms with Gasteiger partial charge in [0.05, 0.1) is 12.2 Å². The summed E-state index contributed by atoms with van der Waals surface area (Å²) in [4.78, 5) is 27.7. The third-order valence-corrected chi connectivity index (χ3v) is 2.10. The quantitative estimate of drug-likeness (QED) is 0.738. The van der Waals surface area contributed by atoms with E-state index in [-0.39, 0.29) is 12.5 Å². The van der Waals surface area contributed by atoms with Gasteiger partial charge in [-0.05, 0) is 19.1 Å². The molecular formula is C11H15N3O3. The van der Waals surface area contributed by atoms with E-state index in [4.69, 9.17) is 10.5 Å². The molecule has 17 heavy (non-hydrogen) atoms. The number of hydrogen-bond acceptors (Lipinski definition) is 5. The van der Waals surface area contributed by atoms with Crippen LogP contribution < -0.4 is 10.6 Å². The molecule has 0 spiro atoms. The molecule has 0 aliphatic carbocycles. The minimum atomic E-state index is -0.530. The Morgan fingerprint density at radius 3 is 2.65 bits per heavy atom. The van der Waals surface area contributed by atoms with Crippen molar-refractivity contribution in [3.63, 3.8) is 0 Å². The van der Waals surface area contributed by atoms with Crippen LogP contribution in [0.5, 0.6) is 0 Å². The van der Waals surface area contributed by atoms with Crippen molar-refractivity contribution in [3.05, 3.63) is 23.9 Å². The first-order chi connectivity index (χ1) is 8.04. The molecule has 0 aromatic carbocycles. The molecule has 0 unspecified atom stereocenters. The minimum Gasteiger partial charge on any atom is -0.465 e. The molecule has 6 nitrogen and oxygen atoms in total. The van der Waals surface area contributed by atoms with E-state index in [1.807, 2.05) is 0 Å². The largest absolute Gasteiger partial charge is 0.465 e. The molecule has 2 N–H and O–H groups in total. The van der Waals surface area contributed by atoms with Gasteiger partial charge in [0.25, 0.3) is 0 Å². The van der Waals surface area contributed by atoms with Crippen LogP contribution in [0.25, 0.3) is 0 Å². The third-order valence-electron chi connectivity index (χ3n) is 2.10. The van der Waals surface area contributed by atoms with Crippen LogP contribution in [0.15, 0.2) is 18.3 Å². The van der Waals surface area contributed by atoms with Gasteiger partial charge < -0.3 is 15.4 Å². The number of amides is 1. The summed E-state index contributed by atoms with van der Waals surface area (Å²) >= 11 is 0. The fourth-order valence-electron chi connectivity index (χ4n) is 1.24. The number of aromatic nitrogens is 1. The number of hydrogen-bond donors (Lipinski definition) is 1. The molecule has 1 aromatic rings. The lowest BCUT2D eigenvalue weighted by Crippen LogP contribution is -2.27. The van der Waals surface area contributed by atoms with Gasteiger partial charge in [-0.15, -0.1) is 0 Å². The molecule has 1 heterocycles. The maximum atomic E-state index is 11.2. The molecule has 0 fully saturated rings. The van der Waals surface area contributed by atoms with E-state index in [0.29, 0.717) is 18.0 Å². The van der Waals surface area contributed by atoms with E-state index in [1.54, 1.807) is 31.0 Å². The highest BCUT2D eigenvalue weighted by Crippen LogP contribution is 2.09. The Bertz CT molecular complexity index is 403. The minimum absolute atomic E-state index is 0.108. The van der Waals surface area contributed by atoms with E-state index in [1.165, 1.54) is 6.20 Å². The third kappa shape index (κ3) is 3.75. The number of anilines is 1. The lowest BCUT2D eigenvalue weighted by molar-refractivity contribution is -0.141. The first kappa shape index (κ1) is 13.0. The van der Waals surface area contributed by atoms with E-state index in [2.05, 4.69) is 4.98 Å². The van der Waals surface area contributed by atoms with Crippen molar-refractivity contribution in [1.82, 2.24) is 4.98 Å². The molecule has 6 heteroatoms. The molecule has 0 radical (unpaired) electrons. The Hall–Kier alpha value is -2.11. The Morgan fingerprint density at radius 2 is 2.18 bits per heavy atom. The molecule has 0 bridgehead atoms. The van der Waals surface area contributed by atoms with E-state index in [0.717, 1.165) is 0 Å². The summed E-state index contributed by atoms with van der Waals surface area (Å²) in [6.07, 6.45) is 1.37. The first-order valence-electron chi connectivity index (χ1n) is 5.17. The zero-order valence-electron chi connectivity index (χ0n) is 9.84. The van der Waals surface area contributed by atoms with Gasteiger partial charge in [0.15, 0.2) is 0 Å². The van der Waals surface area contributed by atoms with Crippen LogP contribution in [-0.4, -0.2) is 37.1 Å². The fourth-order valence-corrected chi connectivity index (χ4v) is 1.24. The van der Waals surface area contributed by atoms with Gasteiger partial charge >= 0.3 is 5.97 Å². The average Bonchev–Trinajstić information content (AvgIpc) is 2.29. The molecule has 1 aromatic heterocycles. The number of carbonyl (C=O) groups excluding carboxylic acids is 2. The lowest BCUT2D eigenvalue weighted by atomic mass is 10.2. The van der Waals surface area contributed by atoms with Crippen LogP contribution in [0.3, 0.4) is 0 Å². The molecule has 0 saturated carbocycles. The van der Waals surface area contributed by atoms with Gasteiger partial charge in [0, 0.05) is 13.2 Å². The molecular weight excluding hydrogens is 222 g/mol. The maximum absolute atomic E-state index is 11.2. The van der Waals surface area contributed by atoms with Gasteiger partial charge in [-0.2, -0.15) is 0 Å². The zero-order chi connectivity index (χ0) is 12.8. The van der Waals surface area contributed by atoms with Crippen molar-refractivity contribution in [1.29, 1.82) is 0 Å². The number of primary amides is 1. The molecule has 92 valence electrons. The standard InChI is InChI=1S/C11H15N3O3/c1-3-17-10(15)7-14(2)9-5-4-8(6-13-9)11(12)16/h4-6H,3,7H2,1-2H3,(H2,12,16). The summed E-state index contributed by atoms with van der Waals surface area (Å²) in [7, 11) is 1.71. The van der Waals surface area contributed by atoms with Crippen LogP contribution in [0.1, 0.15) is 17.3 Å². The summed E-state index contributed by atoms with van der Waals surface area (Å²) in [5, 5.41) is 0. The second kappa shape index (κ2) is 5.83. The van der Waals surface area contributed by atoms with Crippen LogP contribution in [0.4, 0.5) is 5.82 Å². The Balaban J connectivity index is 2.66. The topological polar surface area (TPSA) is 85.5 Å². The highest BCUT2D eigenvalue weighted by molar-refractivity contribution is 5.92. The Kier molecular flexibility index (Phi) is 4.45. The van der Waals surface area contributed by atoms with Crippen molar-refractivity contribution in [2.24, 2.45) is 5.73 Å². The SMILES string of the molecule is CCOC(=O)CN(C)c1ccc(C(N)=O)cn1. The Labute approximate surface area is 99.4 Å². The lowest BCUT2D eigenvalue weighted by Gasteiger charge is -2.16. The van der Waals surface area contributed by atoms with Crippen molar-refractivity contribution in [2.75, 3.05) is 25.1 Å². The molecule has 0 aliphatic rings. The normalized spacial score (nSPS) is 9.76. The number of ether oxygens (including phenoxy) is 1. The van der Waals surface area contributed by atoms with Gasteiger partial charge in [-0.3, -0.25) is 9.59 Å². The number of nitrogens with two attached hydrogens (primary N) is 1. The smallest absolute Gasteiger partial charge is 0.325 e. The van der Waals surface area contributed by atoms with E-state index >= 15 is 0 Å². The highest BCUT2D eigenvalue weighted by atomic mass is 16.5. The molecule has 0 aliphatic heterocycles. The van der Waals surface area contributed by atoms with Crippen molar-refractivity contribution < 1.29 is 14.3 Å². The summed E-state index contributed by atoms with van der Waals surface area (Å²) in [5.74, 6) is -0.282. The number of nitrogens with zero attached hydrogens (tertiary/aromatic N) is 2. The van der Waals surface area contributed by atoms with Crippen molar-refractivity contribution in [3.8, 4) is 0 Å². The van der Waals surface area contributed by atoms with Crippen LogP contribution in [-0.2, 0) is 9.53 Å². The van der Waals surface area contributed by atoms with Crippen molar-refractivity contribution >= 4 is 17.7 Å². The van der Waals surface area contributed by atoms with Gasteiger partial charge in [-0.1, -0.05) is 0 Å². The predicted octanol–water partition coefficient (Wildman–Crippen LogP) is 0.180. The first-order valence-corrected chi connectivity index (χ1v) is 5.17. The average molecular weight is 237 g/mol. The number of carbonyl (C=O) groups is 2. The van der Waals surface area contributed by atoms with Crippen LogP contribution >= 0.6 is 0 Å². The number of likely N-dealkylation sites (N-methyl/N-ethyl adjacent to an activating group) is 1. The van der Waals surface area contributed by atoms with Crippen LogP contribution in [0.2, 0.25) is 0 Å². The molecule has 0 atom stereocenters. The summed E-state index contributed by atoms with van der Waals surface area (Å²) in [6.45, 7) is 2.20. The maximum Gasteiger partial charge on any atom is 0.325 e. The van der Waals surface area contributed by atoms with E-state index < -0.39 is 5.91 Å². The summed E-state index contributed by atoms with van der Waals surface area (Å²) < 4.78 is 4.81. The second-order valence-electron chi connectivity index (χ2n) is 3.43. The molecule has 1 rings (SSSR count).